The minimum atomic E-state index is -0.284. The molecule has 1 aromatic heterocycles. The molecule has 1 heterocycles. The van der Waals surface area contributed by atoms with Crippen LogP contribution in [0.25, 0.3) is 10.9 Å². The molecule has 0 unspecified atom stereocenters. The van der Waals surface area contributed by atoms with Crippen molar-refractivity contribution in [3.05, 3.63) is 107 Å². The first-order valence-electron chi connectivity index (χ1n) is 11.7. The van der Waals surface area contributed by atoms with Crippen molar-refractivity contribution in [1.29, 1.82) is 0 Å². The molecule has 4 nitrogen and oxygen atoms in total. The van der Waals surface area contributed by atoms with Gasteiger partial charge in [0.15, 0.2) is 0 Å². The second-order valence-electron chi connectivity index (χ2n) is 8.72. The van der Waals surface area contributed by atoms with Crippen molar-refractivity contribution < 1.29 is 13.9 Å². The fraction of sp³-hybridized carbons (Fsp3) is 0.276. The van der Waals surface area contributed by atoms with Gasteiger partial charge >= 0.3 is 0 Å². The number of benzene rings is 3. The Kier molecular flexibility index (Phi) is 7.76. The first kappa shape index (κ1) is 23.7. The Bertz CT molecular complexity index is 1230. The predicted molar refractivity (Wildman–Crippen MR) is 135 cm³/mol. The summed E-state index contributed by atoms with van der Waals surface area (Å²) >= 11 is 0. The number of carbonyl (C=O) groups excluding carboxylic acids is 1. The first-order valence-corrected chi connectivity index (χ1v) is 11.7. The van der Waals surface area contributed by atoms with Crippen molar-refractivity contribution in [2.24, 2.45) is 0 Å². The van der Waals surface area contributed by atoms with E-state index in [0.717, 1.165) is 35.0 Å². The molecule has 0 bridgehead atoms. The third-order valence-electron chi connectivity index (χ3n) is 6.18. The number of amides is 1. The molecule has 3 aromatic carbocycles. The van der Waals surface area contributed by atoms with Gasteiger partial charge < -0.3 is 14.6 Å². The van der Waals surface area contributed by atoms with Gasteiger partial charge in [-0.25, -0.2) is 4.39 Å². The molecule has 0 aliphatic carbocycles. The highest BCUT2D eigenvalue weighted by molar-refractivity contribution is 5.86. The molecule has 5 heteroatoms. The van der Waals surface area contributed by atoms with E-state index in [1.807, 2.05) is 12.1 Å². The molecule has 1 atom stereocenters. The Labute approximate surface area is 200 Å². The third-order valence-corrected chi connectivity index (χ3v) is 6.18. The van der Waals surface area contributed by atoms with E-state index in [4.69, 9.17) is 4.74 Å². The molecule has 176 valence electrons. The summed E-state index contributed by atoms with van der Waals surface area (Å²) in [5.41, 5.74) is 5.56. The van der Waals surface area contributed by atoms with Crippen LogP contribution in [0.1, 0.15) is 41.0 Å². The molecule has 1 N–H and O–H groups in total. The smallest absolute Gasteiger partial charge is 0.220 e. The average molecular weight is 459 g/mol. The quantitative estimate of drug-likeness (QED) is 0.305. The average Bonchev–Trinajstić information content (AvgIpc) is 3.20. The molecule has 0 saturated heterocycles. The van der Waals surface area contributed by atoms with Crippen LogP contribution in [0, 0.1) is 12.7 Å². The number of halogens is 1. The molecule has 0 radical (unpaired) electrons. The standard InChI is InChI=1S/C29H31FN2O2/c1-21-8-10-22(11-9-21)19-32-20-27(25-6-3-4-7-28(25)32)26(23-12-14-24(30)15-13-23)18-29(33)31-16-5-17-34-2/h3-4,6-15,20,26H,5,16-19H2,1-2H3,(H,31,33)/t26-/m0/s1. The number of carbonyl (C=O) groups is 1. The van der Waals surface area contributed by atoms with Gasteiger partial charge in [-0.2, -0.15) is 0 Å². The fourth-order valence-corrected chi connectivity index (χ4v) is 4.38. The van der Waals surface area contributed by atoms with Crippen LogP contribution in [-0.4, -0.2) is 30.7 Å². The summed E-state index contributed by atoms with van der Waals surface area (Å²) in [5.74, 6) is -0.499. The highest BCUT2D eigenvalue weighted by atomic mass is 19.1. The molecule has 4 rings (SSSR count). The van der Waals surface area contributed by atoms with Gasteiger partial charge in [0.1, 0.15) is 5.82 Å². The van der Waals surface area contributed by atoms with Gasteiger partial charge in [0.25, 0.3) is 0 Å². The minimum absolute atomic E-state index is 0.0270. The summed E-state index contributed by atoms with van der Waals surface area (Å²) in [6.45, 7) is 3.99. The number of nitrogens with one attached hydrogen (secondary N) is 1. The van der Waals surface area contributed by atoms with Crippen LogP contribution < -0.4 is 5.32 Å². The van der Waals surface area contributed by atoms with Crippen LogP contribution in [0.5, 0.6) is 0 Å². The van der Waals surface area contributed by atoms with Crippen LogP contribution in [-0.2, 0) is 16.1 Å². The fourth-order valence-electron chi connectivity index (χ4n) is 4.38. The van der Waals surface area contributed by atoms with Crippen LogP contribution in [0.2, 0.25) is 0 Å². The van der Waals surface area contributed by atoms with Crippen molar-refractivity contribution in [1.82, 2.24) is 9.88 Å². The zero-order chi connectivity index (χ0) is 23.9. The van der Waals surface area contributed by atoms with Crippen molar-refractivity contribution in [2.45, 2.75) is 32.2 Å². The maximum absolute atomic E-state index is 13.7. The van der Waals surface area contributed by atoms with Crippen LogP contribution in [0.3, 0.4) is 0 Å². The number of para-hydroxylation sites is 1. The Morgan fingerprint density at radius 1 is 1.03 bits per heavy atom. The highest BCUT2D eigenvalue weighted by Gasteiger charge is 2.23. The Balaban J connectivity index is 1.69. The van der Waals surface area contributed by atoms with Crippen molar-refractivity contribution in [3.8, 4) is 0 Å². The van der Waals surface area contributed by atoms with Gasteiger partial charge in [-0.3, -0.25) is 4.79 Å². The van der Waals surface area contributed by atoms with E-state index < -0.39 is 0 Å². The van der Waals surface area contributed by atoms with Gasteiger partial charge in [0, 0.05) is 56.2 Å². The van der Waals surface area contributed by atoms with E-state index in [0.29, 0.717) is 13.2 Å². The number of hydrogen-bond donors (Lipinski definition) is 1. The zero-order valence-electron chi connectivity index (χ0n) is 19.8. The Hall–Kier alpha value is -3.44. The van der Waals surface area contributed by atoms with Gasteiger partial charge in [0.05, 0.1) is 0 Å². The van der Waals surface area contributed by atoms with Gasteiger partial charge in [-0.1, -0.05) is 60.2 Å². The molecule has 34 heavy (non-hydrogen) atoms. The molecule has 0 aliphatic rings. The number of ether oxygens (including phenoxy) is 1. The van der Waals surface area contributed by atoms with Crippen LogP contribution in [0.15, 0.2) is 79.0 Å². The molecule has 0 aliphatic heterocycles. The summed E-state index contributed by atoms with van der Waals surface area (Å²) in [5, 5.41) is 4.11. The molecule has 0 spiro atoms. The maximum Gasteiger partial charge on any atom is 0.220 e. The normalized spacial score (nSPS) is 12.1. The number of nitrogens with zero attached hydrogens (tertiary/aromatic N) is 1. The van der Waals surface area contributed by atoms with Crippen LogP contribution >= 0.6 is 0 Å². The largest absolute Gasteiger partial charge is 0.385 e. The number of aromatic nitrogens is 1. The number of hydrogen-bond acceptors (Lipinski definition) is 2. The van der Waals surface area contributed by atoms with E-state index in [-0.39, 0.29) is 24.1 Å². The van der Waals surface area contributed by atoms with Gasteiger partial charge in [-0.05, 0) is 48.2 Å². The number of aryl methyl sites for hydroxylation is 1. The summed E-state index contributed by atoms with van der Waals surface area (Å²) in [6.07, 6.45) is 3.20. The number of rotatable bonds is 10. The summed E-state index contributed by atoms with van der Waals surface area (Å²) in [4.78, 5) is 12.9. The van der Waals surface area contributed by atoms with Gasteiger partial charge in [-0.15, -0.1) is 0 Å². The maximum atomic E-state index is 13.7. The summed E-state index contributed by atoms with van der Waals surface area (Å²) in [7, 11) is 1.65. The Morgan fingerprint density at radius 2 is 1.76 bits per heavy atom. The molecule has 0 fully saturated rings. The molecule has 1 amide bonds. The lowest BCUT2D eigenvalue weighted by molar-refractivity contribution is -0.121. The second kappa shape index (κ2) is 11.1. The van der Waals surface area contributed by atoms with Gasteiger partial charge in [0.2, 0.25) is 5.91 Å². The van der Waals surface area contributed by atoms with E-state index in [2.05, 4.69) is 59.4 Å². The molecule has 0 saturated carbocycles. The lowest BCUT2D eigenvalue weighted by Crippen LogP contribution is -2.27. The Morgan fingerprint density at radius 3 is 2.50 bits per heavy atom. The lowest BCUT2D eigenvalue weighted by Gasteiger charge is -2.17. The number of methoxy groups -OCH3 is 1. The monoisotopic (exact) mass is 458 g/mol. The first-order chi connectivity index (χ1) is 16.5. The van der Waals surface area contributed by atoms with Crippen molar-refractivity contribution >= 4 is 16.8 Å². The van der Waals surface area contributed by atoms with Crippen molar-refractivity contribution in [3.63, 3.8) is 0 Å². The topological polar surface area (TPSA) is 43.3 Å². The summed E-state index contributed by atoms with van der Waals surface area (Å²) < 4.78 is 21.0. The summed E-state index contributed by atoms with van der Waals surface area (Å²) in [6, 6.07) is 23.3. The third kappa shape index (κ3) is 5.72. The molecular formula is C29H31FN2O2. The minimum Gasteiger partial charge on any atom is -0.385 e. The highest BCUT2D eigenvalue weighted by Crippen LogP contribution is 2.35. The van der Waals surface area contributed by atoms with E-state index in [1.54, 1.807) is 19.2 Å². The predicted octanol–water partition coefficient (Wildman–Crippen LogP) is 5.81. The van der Waals surface area contributed by atoms with E-state index >= 15 is 0 Å². The SMILES string of the molecule is COCCCNC(=O)C[C@@H](c1ccc(F)cc1)c1cn(Cc2ccc(C)cc2)c2ccccc12. The number of fused-ring (bicyclic) bond motifs is 1. The van der Waals surface area contributed by atoms with Crippen LogP contribution in [0.4, 0.5) is 4.39 Å². The van der Waals surface area contributed by atoms with E-state index in [9.17, 15) is 9.18 Å². The van der Waals surface area contributed by atoms with E-state index in [1.165, 1.54) is 23.3 Å². The second-order valence-corrected chi connectivity index (χ2v) is 8.72. The lowest BCUT2D eigenvalue weighted by atomic mass is 9.88. The zero-order valence-corrected chi connectivity index (χ0v) is 19.8. The van der Waals surface area contributed by atoms with Crippen molar-refractivity contribution in [2.75, 3.05) is 20.3 Å². The molecule has 4 aromatic rings. The molecular weight excluding hydrogens is 427 g/mol.